The highest BCUT2D eigenvalue weighted by Crippen LogP contribution is 2.26. The van der Waals surface area contributed by atoms with Crippen molar-refractivity contribution in [1.82, 2.24) is 0 Å². The minimum atomic E-state index is -0.649. The van der Waals surface area contributed by atoms with Gasteiger partial charge in [-0.2, -0.15) is 0 Å². The molecule has 0 unspecified atom stereocenters. The first-order chi connectivity index (χ1) is 11.3. The standard InChI is InChI=1S/C18H32O5/c19-18(20)15-8-10-16(11-9-15)21-12-4-1-2-5-13-22-17-7-3-6-14-23-17/h15-17H,1-14H2,(H,19,20)/t15?,16?,17-/m1/s1. The highest BCUT2D eigenvalue weighted by Gasteiger charge is 2.26. The summed E-state index contributed by atoms with van der Waals surface area (Å²) in [6.45, 7) is 2.44. The molecule has 1 atom stereocenters. The molecule has 1 aliphatic carbocycles. The minimum Gasteiger partial charge on any atom is -0.481 e. The van der Waals surface area contributed by atoms with Crippen LogP contribution in [0.4, 0.5) is 0 Å². The van der Waals surface area contributed by atoms with Gasteiger partial charge in [0.15, 0.2) is 6.29 Å². The summed E-state index contributed by atoms with van der Waals surface area (Å²) in [6.07, 6.45) is 11.6. The van der Waals surface area contributed by atoms with Crippen molar-refractivity contribution in [2.24, 2.45) is 5.92 Å². The molecule has 2 fully saturated rings. The zero-order valence-corrected chi connectivity index (χ0v) is 14.2. The lowest BCUT2D eigenvalue weighted by molar-refractivity contribution is -0.162. The number of hydrogen-bond acceptors (Lipinski definition) is 4. The molecule has 2 rings (SSSR count). The van der Waals surface area contributed by atoms with E-state index in [0.717, 1.165) is 71.2 Å². The number of carboxylic acids is 1. The average molecular weight is 328 g/mol. The minimum absolute atomic E-state index is 0.0352. The van der Waals surface area contributed by atoms with E-state index >= 15 is 0 Å². The molecule has 0 bridgehead atoms. The summed E-state index contributed by atoms with van der Waals surface area (Å²) in [5, 5.41) is 8.97. The summed E-state index contributed by atoms with van der Waals surface area (Å²) in [4.78, 5) is 10.9. The van der Waals surface area contributed by atoms with Gasteiger partial charge >= 0.3 is 5.97 Å². The lowest BCUT2D eigenvalue weighted by atomic mass is 9.87. The number of carboxylic acid groups (broad SMARTS) is 1. The quantitative estimate of drug-likeness (QED) is 0.619. The van der Waals surface area contributed by atoms with Gasteiger partial charge in [0, 0.05) is 19.8 Å². The lowest BCUT2D eigenvalue weighted by Crippen LogP contribution is -2.26. The topological polar surface area (TPSA) is 65.0 Å². The molecule has 5 heteroatoms. The highest BCUT2D eigenvalue weighted by atomic mass is 16.7. The number of carbonyl (C=O) groups is 1. The van der Waals surface area contributed by atoms with Crippen LogP contribution in [-0.2, 0) is 19.0 Å². The summed E-state index contributed by atoms with van der Waals surface area (Å²) < 4.78 is 17.1. The smallest absolute Gasteiger partial charge is 0.306 e. The van der Waals surface area contributed by atoms with E-state index in [1.807, 2.05) is 0 Å². The predicted molar refractivity (Wildman–Crippen MR) is 87.3 cm³/mol. The Balaban J connectivity index is 1.36. The van der Waals surface area contributed by atoms with Crippen LogP contribution in [0.1, 0.15) is 70.6 Å². The molecule has 1 heterocycles. The number of aliphatic carboxylic acids is 1. The third-order valence-corrected chi connectivity index (χ3v) is 4.86. The lowest BCUT2D eigenvalue weighted by Gasteiger charge is -2.26. The molecule has 1 aliphatic heterocycles. The van der Waals surface area contributed by atoms with Gasteiger partial charge in [0.05, 0.1) is 12.0 Å². The van der Waals surface area contributed by atoms with Crippen molar-refractivity contribution in [3.8, 4) is 0 Å². The Morgan fingerprint density at radius 1 is 0.913 bits per heavy atom. The van der Waals surface area contributed by atoms with Gasteiger partial charge in [0.1, 0.15) is 0 Å². The Labute approximate surface area is 139 Å². The van der Waals surface area contributed by atoms with Crippen LogP contribution in [0, 0.1) is 5.92 Å². The van der Waals surface area contributed by atoms with Crippen LogP contribution in [0.5, 0.6) is 0 Å². The molecule has 0 aromatic rings. The maximum absolute atomic E-state index is 10.9. The van der Waals surface area contributed by atoms with E-state index in [2.05, 4.69) is 0 Å². The van der Waals surface area contributed by atoms with Gasteiger partial charge < -0.3 is 19.3 Å². The van der Waals surface area contributed by atoms with Gasteiger partial charge in [0.2, 0.25) is 0 Å². The van der Waals surface area contributed by atoms with E-state index in [1.165, 1.54) is 19.3 Å². The predicted octanol–water partition coefficient (Wildman–Crippen LogP) is 3.75. The van der Waals surface area contributed by atoms with Crippen LogP contribution in [0.15, 0.2) is 0 Å². The Morgan fingerprint density at radius 2 is 1.61 bits per heavy atom. The molecule has 1 N–H and O–H groups in total. The van der Waals surface area contributed by atoms with E-state index in [4.69, 9.17) is 19.3 Å². The van der Waals surface area contributed by atoms with Crippen LogP contribution < -0.4 is 0 Å². The monoisotopic (exact) mass is 328 g/mol. The van der Waals surface area contributed by atoms with Crippen molar-refractivity contribution in [2.75, 3.05) is 19.8 Å². The zero-order valence-electron chi connectivity index (χ0n) is 14.2. The Bertz CT molecular complexity index is 319. The summed E-state index contributed by atoms with van der Waals surface area (Å²) in [6, 6.07) is 0. The van der Waals surface area contributed by atoms with Crippen molar-refractivity contribution in [1.29, 1.82) is 0 Å². The fourth-order valence-electron chi connectivity index (χ4n) is 3.34. The normalized spacial score (nSPS) is 28.6. The van der Waals surface area contributed by atoms with Crippen LogP contribution >= 0.6 is 0 Å². The van der Waals surface area contributed by atoms with Gasteiger partial charge in [-0.3, -0.25) is 4.79 Å². The molecule has 2 aliphatic rings. The largest absolute Gasteiger partial charge is 0.481 e. The average Bonchev–Trinajstić information content (AvgIpc) is 2.58. The van der Waals surface area contributed by atoms with Crippen molar-refractivity contribution in [3.63, 3.8) is 0 Å². The first-order valence-electron chi connectivity index (χ1n) is 9.33. The molecule has 134 valence electrons. The Kier molecular flexibility index (Phi) is 8.94. The summed E-state index contributed by atoms with van der Waals surface area (Å²) in [5.74, 6) is -0.799. The van der Waals surface area contributed by atoms with E-state index in [9.17, 15) is 4.79 Å². The molecule has 0 amide bonds. The van der Waals surface area contributed by atoms with Crippen LogP contribution in [0.3, 0.4) is 0 Å². The molecule has 0 radical (unpaired) electrons. The molecule has 0 aromatic carbocycles. The maximum Gasteiger partial charge on any atom is 0.306 e. The van der Waals surface area contributed by atoms with Crippen molar-refractivity contribution < 1.29 is 24.1 Å². The van der Waals surface area contributed by atoms with E-state index < -0.39 is 5.97 Å². The fourth-order valence-corrected chi connectivity index (χ4v) is 3.34. The Morgan fingerprint density at radius 3 is 2.22 bits per heavy atom. The number of unbranched alkanes of at least 4 members (excludes halogenated alkanes) is 3. The molecule has 0 aromatic heterocycles. The molecule has 23 heavy (non-hydrogen) atoms. The third-order valence-electron chi connectivity index (χ3n) is 4.86. The van der Waals surface area contributed by atoms with Crippen molar-refractivity contribution in [3.05, 3.63) is 0 Å². The second kappa shape index (κ2) is 11.0. The van der Waals surface area contributed by atoms with Crippen molar-refractivity contribution in [2.45, 2.75) is 83.0 Å². The number of rotatable bonds is 10. The summed E-state index contributed by atoms with van der Waals surface area (Å²) >= 11 is 0. The molecule has 1 saturated heterocycles. The summed E-state index contributed by atoms with van der Waals surface area (Å²) in [7, 11) is 0. The van der Waals surface area contributed by atoms with Gasteiger partial charge in [-0.1, -0.05) is 12.8 Å². The van der Waals surface area contributed by atoms with Crippen LogP contribution in [0.2, 0.25) is 0 Å². The second-order valence-corrected chi connectivity index (χ2v) is 6.76. The fraction of sp³-hybridized carbons (Fsp3) is 0.944. The summed E-state index contributed by atoms with van der Waals surface area (Å²) in [5.41, 5.74) is 0. The van der Waals surface area contributed by atoms with Gasteiger partial charge in [-0.15, -0.1) is 0 Å². The molecule has 0 spiro atoms. The molecular formula is C18H32O5. The van der Waals surface area contributed by atoms with E-state index in [1.54, 1.807) is 0 Å². The zero-order chi connectivity index (χ0) is 16.3. The van der Waals surface area contributed by atoms with Gasteiger partial charge in [0.25, 0.3) is 0 Å². The number of hydrogen-bond donors (Lipinski definition) is 1. The van der Waals surface area contributed by atoms with Crippen molar-refractivity contribution >= 4 is 5.97 Å². The molecular weight excluding hydrogens is 296 g/mol. The van der Waals surface area contributed by atoms with Gasteiger partial charge in [-0.05, 0) is 57.8 Å². The third kappa shape index (κ3) is 7.64. The van der Waals surface area contributed by atoms with Crippen LogP contribution in [0.25, 0.3) is 0 Å². The number of ether oxygens (including phenoxy) is 3. The van der Waals surface area contributed by atoms with E-state index in [-0.39, 0.29) is 18.3 Å². The SMILES string of the molecule is O=C(O)C1CCC(OCCCCCCO[C@H]2CCCCO2)CC1. The first-order valence-corrected chi connectivity index (χ1v) is 9.33. The molecule has 5 nitrogen and oxygen atoms in total. The van der Waals surface area contributed by atoms with Gasteiger partial charge in [-0.25, -0.2) is 0 Å². The van der Waals surface area contributed by atoms with E-state index in [0.29, 0.717) is 0 Å². The van der Waals surface area contributed by atoms with Crippen LogP contribution in [-0.4, -0.2) is 43.3 Å². The maximum atomic E-state index is 10.9. The second-order valence-electron chi connectivity index (χ2n) is 6.76. The highest BCUT2D eigenvalue weighted by molar-refractivity contribution is 5.70. The Hall–Kier alpha value is -0.650. The first kappa shape index (κ1) is 18.7. The molecule has 1 saturated carbocycles.